The summed E-state index contributed by atoms with van der Waals surface area (Å²) in [5.74, 6) is 0.491. The van der Waals surface area contributed by atoms with Crippen molar-refractivity contribution in [3.05, 3.63) is 28.2 Å². The first-order valence-corrected chi connectivity index (χ1v) is 8.74. The van der Waals surface area contributed by atoms with Crippen LogP contribution in [0.2, 0.25) is 0 Å². The molecule has 7 heteroatoms. The highest BCUT2D eigenvalue weighted by molar-refractivity contribution is 5.76. The summed E-state index contributed by atoms with van der Waals surface area (Å²) in [7, 11) is 0. The Labute approximate surface area is 142 Å². The van der Waals surface area contributed by atoms with Crippen LogP contribution in [0.5, 0.6) is 0 Å². The van der Waals surface area contributed by atoms with E-state index in [4.69, 9.17) is 4.74 Å². The number of carbonyl (C=O) groups is 1. The van der Waals surface area contributed by atoms with Crippen LogP contribution in [0.1, 0.15) is 18.5 Å². The number of aryl methyl sites for hydroxylation is 1. The van der Waals surface area contributed by atoms with Crippen molar-refractivity contribution in [1.29, 1.82) is 0 Å². The van der Waals surface area contributed by atoms with Crippen LogP contribution in [-0.4, -0.2) is 71.4 Å². The first-order chi connectivity index (χ1) is 11.6. The Morgan fingerprint density at radius 3 is 2.88 bits per heavy atom. The molecule has 0 bridgehead atoms. The van der Waals surface area contributed by atoms with E-state index < -0.39 is 0 Å². The van der Waals surface area contributed by atoms with Gasteiger partial charge in [-0.05, 0) is 31.7 Å². The van der Waals surface area contributed by atoms with E-state index in [9.17, 15) is 9.59 Å². The van der Waals surface area contributed by atoms with Crippen molar-refractivity contribution in [2.24, 2.45) is 5.92 Å². The zero-order valence-electron chi connectivity index (χ0n) is 14.3. The molecule has 7 nitrogen and oxygen atoms in total. The summed E-state index contributed by atoms with van der Waals surface area (Å²) in [6.07, 6.45) is 2.18. The third kappa shape index (κ3) is 4.42. The molecule has 0 aromatic carbocycles. The summed E-state index contributed by atoms with van der Waals surface area (Å²) in [5.41, 5.74) is 0.516. The highest BCUT2D eigenvalue weighted by Gasteiger charge is 2.26. The molecule has 1 aromatic rings. The number of nitrogens with zero attached hydrogens (tertiary/aromatic N) is 4. The summed E-state index contributed by atoms with van der Waals surface area (Å²) in [6, 6.07) is 3.13. The molecule has 3 heterocycles. The van der Waals surface area contributed by atoms with Crippen molar-refractivity contribution in [3.63, 3.8) is 0 Å². The van der Waals surface area contributed by atoms with Crippen molar-refractivity contribution in [3.8, 4) is 0 Å². The van der Waals surface area contributed by atoms with E-state index in [1.165, 1.54) is 10.7 Å². The molecule has 1 amide bonds. The molecule has 2 aliphatic rings. The quantitative estimate of drug-likeness (QED) is 0.783. The number of hydrogen-bond acceptors (Lipinski definition) is 5. The van der Waals surface area contributed by atoms with Gasteiger partial charge < -0.3 is 9.64 Å². The number of piperidine rings is 1. The Morgan fingerprint density at radius 1 is 1.29 bits per heavy atom. The fourth-order valence-corrected chi connectivity index (χ4v) is 3.48. The topological polar surface area (TPSA) is 67.7 Å². The first-order valence-electron chi connectivity index (χ1n) is 8.74. The largest absolute Gasteiger partial charge is 0.379 e. The van der Waals surface area contributed by atoms with Gasteiger partial charge in [-0.2, -0.15) is 5.10 Å². The Kier molecular flexibility index (Phi) is 5.63. The summed E-state index contributed by atoms with van der Waals surface area (Å²) in [6.45, 7) is 7.99. The Hall–Kier alpha value is -1.73. The molecule has 2 saturated heterocycles. The molecular formula is C17H26N4O3. The van der Waals surface area contributed by atoms with Crippen LogP contribution < -0.4 is 5.56 Å². The van der Waals surface area contributed by atoms with E-state index in [0.717, 1.165) is 64.5 Å². The number of rotatable bonds is 4. The van der Waals surface area contributed by atoms with Crippen LogP contribution >= 0.6 is 0 Å². The molecule has 0 aliphatic carbocycles. The Balaban J connectivity index is 1.56. The lowest BCUT2D eigenvalue weighted by molar-refractivity contribution is -0.134. The van der Waals surface area contributed by atoms with Gasteiger partial charge in [-0.15, -0.1) is 0 Å². The third-order valence-corrected chi connectivity index (χ3v) is 4.78. The van der Waals surface area contributed by atoms with Gasteiger partial charge in [0.2, 0.25) is 5.91 Å². The molecule has 0 N–H and O–H groups in total. The zero-order valence-corrected chi connectivity index (χ0v) is 14.3. The van der Waals surface area contributed by atoms with Gasteiger partial charge in [0.1, 0.15) is 6.54 Å². The first kappa shape index (κ1) is 17.1. The Morgan fingerprint density at radius 2 is 2.08 bits per heavy atom. The maximum absolute atomic E-state index is 12.6. The van der Waals surface area contributed by atoms with Crippen molar-refractivity contribution in [1.82, 2.24) is 19.6 Å². The molecular weight excluding hydrogens is 308 g/mol. The van der Waals surface area contributed by atoms with E-state index in [1.54, 1.807) is 6.07 Å². The highest BCUT2D eigenvalue weighted by Crippen LogP contribution is 2.18. The summed E-state index contributed by atoms with van der Waals surface area (Å²) < 4.78 is 6.66. The smallest absolute Gasteiger partial charge is 0.267 e. The van der Waals surface area contributed by atoms with Crippen LogP contribution in [0.15, 0.2) is 16.9 Å². The van der Waals surface area contributed by atoms with E-state index in [-0.39, 0.29) is 18.0 Å². The normalized spacial score (nSPS) is 22.5. The second-order valence-corrected chi connectivity index (χ2v) is 6.73. The maximum Gasteiger partial charge on any atom is 0.267 e. The molecule has 0 saturated carbocycles. The van der Waals surface area contributed by atoms with Gasteiger partial charge in [-0.1, -0.05) is 0 Å². The lowest BCUT2D eigenvalue weighted by Crippen LogP contribution is -2.47. The van der Waals surface area contributed by atoms with E-state index in [2.05, 4.69) is 10.00 Å². The number of hydrogen-bond donors (Lipinski definition) is 0. The van der Waals surface area contributed by atoms with Gasteiger partial charge in [-0.3, -0.25) is 14.5 Å². The molecule has 0 unspecified atom stereocenters. The SMILES string of the molecule is Cc1ccc(=O)n(CC(=O)N2CCC[C@H](CN3CCOCC3)C2)n1. The number of likely N-dealkylation sites (tertiary alicyclic amines) is 1. The van der Waals surface area contributed by atoms with Crippen molar-refractivity contribution >= 4 is 5.91 Å². The molecule has 132 valence electrons. The van der Waals surface area contributed by atoms with E-state index >= 15 is 0 Å². The number of carbonyl (C=O) groups excluding carboxylic acids is 1. The predicted octanol–water partition coefficient (Wildman–Crippen LogP) is 0.123. The van der Waals surface area contributed by atoms with Crippen LogP contribution in [-0.2, 0) is 16.1 Å². The van der Waals surface area contributed by atoms with E-state index in [0.29, 0.717) is 5.92 Å². The lowest BCUT2D eigenvalue weighted by Gasteiger charge is -2.36. The average molecular weight is 334 g/mol. The van der Waals surface area contributed by atoms with Gasteiger partial charge in [0.25, 0.3) is 5.56 Å². The van der Waals surface area contributed by atoms with Crippen molar-refractivity contribution in [2.45, 2.75) is 26.3 Å². The molecule has 1 atom stereocenters. The average Bonchev–Trinajstić information content (AvgIpc) is 2.59. The summed E-state index contributed by atoms with van der Waals surface area (Å²) >= 11 is 0. The minimum absolute atomic E-state index is 0.0122. The highest BCUT2D eigenvalue weighted by atomic mass is 16.5. The van der Waals surface area contributed by atoms with Crippen LogP contribution in [0.3, 0.4) is 0 Å². The van der Waals surface area contributed by atoms with Gasteiger partial charge in [-0.25, -0.2) is 4.68 Å². The molecule has 0 radical (unpaired) electrons. The number of aromatic nitrogens is 2. The van der Waals surface area contributed by atoms with Crippen molar-refractivity contribution < 1.29 is 9.53 Å². The van der Waals surface area contributed by atoms with Gasteiger partial charge >= 0.3 is 0 Å². The van der Waals surface area contributed by atoms with Crippen LogP contribution in [0.4, 0.5) is 0 Å². The van der Waals surface area contributed by atoms with Crippen molar-refractivity contribution in [2.75, 3.05) is 45.9 Å². The Bertz CT molecular complexity index is 625. The number of ether oxygens (including phenoxy) is 1. The minimum atomic E-state index is -0.226. The maximum atomic E-state index is 12.6. The number of amides is 1. The molecule has 2 aliphatic heterocycles. The molecule has 2 fully saturated rings. The minimum Gasteiger partial charge on any atom is -0.379 e. The fraction of sp³-hybridized carbons (Fsp3) is 0.706. The van der Waals surface area contributed by atoms with Crippen LogP contribution in [0, 0.1) is 12.8 Å². The van der Waals surface area contributed by atoms with E-state index in [1.807, 2.05) is 11.8 Å². The summed E-state index contributed by atoms with van der Waals surface area (Å²) in [4.78, 5) is 28.7. The monoisotopic (exact) mass is 334 g/mol. The summed E-state index contributed by atoms with van der Waals surface area (Å²) in [5, 5.41) is 4.15. The standard InChI is InChI=1S/C17H26N4O3/c1-14-4-5-16(22)21(18-14)13-17(23)20-6-2-3-15(12-20)11-19-7-9-24-10-8-19/h4-5,15H,2-3,6-13H2,1H3/t15-/m1/s1. The molecule has 0 spiro atoms. The third-order valence-electron chi connectivity index (χ3n) is 4.78. The second-order valence-electron chi connectivity index (χ2n) is 6.73. The molecule has 3 rings (SSSR count). The lowest BCUT2D eigenvalue weighted by atomic mass is 9.97. The van der Waals surface area contributed by atoms with Gasteiger partial charge in [0.15, 0.2) is 0 Å². The number of morpholine rings is 1. The fourth-order valence-electron chi connectivity index (χ4n) is 3.48. The predicted molar refractivity (Wildman–Crippen MR) is 89.8 cm³/mol. The van der Waals surface area contributed by atoms with Gasteiger partial charge in [0.05, 0.1) is 18.9 Å². The van der Waals surface area contributed by atoms with Crippen LogP contribution in [0.25, 0.3) is 0 Å². The second kappa shape index (κ2) is 7.90. The molecule has 1 aromatic heterocycles. The zero-order chi connectivity index (χ0) is 16.9. The molecule has 24 heavy (non-hydrogen) atoms. The van der Waals surface area contributed by atoms with Gasteiger partial charge in [0, 0.05) is 38.8 Å².